The molecule has 1 saturated heterocycles. The van der Waals surface area contributed by atoms with E-state index in [0.717, 1.165) is 23.8 Å². The maximum absolute atomic E-state index is 12.8. The van der Waals surface area contributed by atoms with Crippen LogP contribution in [0.5, 0.6) is 5.75 Å². The highest BCUT2D eigenvalue weighted by Crippen LogP contribution is 2.27. The fourth-order valence-electron chi connectivity index (χ4n) is 3.10. The molecule has 3 aromatic rings. The van der Waals surface area contributed by atoms with E-state index < -0.39 is 0 Å². The van der Waals surface area contributed by atoms with Crippen molar-refractivity contribution in [1.82, 2.24) is 9.88 Å². The highest BCUT2D eigenvalue weighted by molar-refractivity contribution is 6.31. The number of amides is 1. The Morgan fingerprint density at radius 1 is 1.32 bits per heavy atom. The van der Waals surface area contributed by atoms with Crippen LogP contribution in [0, 0.1) is 0 Å². The van der Waals surface area contributed by atoms with E-state index in [-0.39, 0.29) is 12.0 Å². The summed E-state index contributed by atoms with van der Waals surface area (Å²) in [5, 5.41) is 1.41. The van der Waals surface area contributed by atoms with Crippen molar-refractivity contribution in [2.75, 3.05) is 13.1 Å². The molecule has 6 heteroatoms. The predicted molar refractivity (Wildman–Crippen MR) is 95.0 cm³/mol. The topological polar surface area (TPSA) is 55.6 Å². The lowest BCUT2D eigenvalue weighted by molar-refractivity contribution is 0.0512. The summed E-state index contributed by atoms with van der Waals surface area (Å²) in [7, 11) is 0. The van der Waals surface area contributed by atoms with Crippen LogP contribution in [0.15, 0.2) is 53.2 Å². The number of likely N-dealkylation sites (tertiary alicyclic amines) is 1. The van der Waals surface area contributed by atoms with Gasteiger partial charge in [0.25, 0.3) is 5.91 Å². The number of furan rings is 1. The molecule has 0 bridgehead atoms. The first kappa shape index (κ1) is 16.0. The molecule has 0 saturated carbocycles. The number of hydrogen-bond donors (Lipinski definition) is 0. The Morgan fingerprint density at radius 3 is 3.04 bits per heavy atom. The highest BCUT2D eigenvalue weighted by Gasteiger charge is 2.28. The summed E-state index contributed by atoms with van der Waals surface area (Å²) < 4.78 is 11.7. The molecule has 3 heterocycles. The van der Waals surface area contributed by atoms with Gasteiger partial charge in [0, 0.05) is 30.4 Å². The Labute approximate surface area is 150 Å². The minimum Gasteiger partial charge on any atom is -0.487 e. The van der Waals surface area contributed by atoms with Gasteiger partial charge in [0.2, 0.25) is 0 Å². The fraction of sp³-hybridized carbons (Fsp3) is 0.263. The van der Waals surface area contributed by atoms with Crippen molar-refractivity contribution in [2.24, 2.45) is 0 Å². The summed E-state index contributed by atoms with van der Waals surface area (Å²) in [5.74, 6) is 0.855. The molecule has 2 aromatic heterocycles. The summed E-state index contributed by atoms with van der Waals surface area (Å²) in [6.45, 7) is 1.20. The quantitative estimate of drug-likeness (QED) is 0.707. The van der Waals surface area contributed by atoms with Crippen LogP contribution in [0.4, 0.5) is 0 Å². The van der Waals surface area contributed by atoms with Crippen LogP contribution in [0.3, 0.4) is 0 Å². The van der Waals surface area contributed by atoms with E-state index in [1.807, 2.05) is 24.3 Å². The number of rotatable bonds is 3. The van der Waals surface area contributed by atoms with Crippen LogP contribution >= 0.6 is 11.6 Å². The molecule has 25 heavy (non-hydrogen) atoms. The number of fused-ring (bicyclic) bond motifs is 1. The Hall–Kier alpha value is -2.53. The molecule has 1 atom stereocenters. The Morgan fingerprint density at radius 2 is 2.20 bits per heavy atom. The average molecular weight is 357 g/mol. The number of aromatic nitrogens is 1. The first-order chi connectivity index (χ1) is 12.2. The second kappa shape index (κ2) is 6.76. The van der Waals surface area contributed by atoms with Crippen molar-refractivity contribution in [3.63, 3.8) is 0 Å². The molecule has 0 N–H and O–H groups in total. The fourth-order valence-corrected chi connectivity index (χ4v) is 3.26. The number of ether oxygens (including phenoxy) is 1. The van der Waals surface area contributed by atoms with E-state index >= 15 is 0 Å². The predicted octanol–water partition coefficient (Wildman–Crippen LogP) is 4.16. The van der Waals surface area contributed by atoms with Gasteiger partial charge in [0.05, 0.1) is 6.54 Å². The Kier molecular flexibility index (Phi) is 4.32. The van der Waals surface area contributed by atoms with Gasteiger partial charge in [-0.05, 0) is 25.0 Å². The minimum absolute atomic E-state index is 0.0954. The molecule has 1 aliphatic rings. The van der Waals surface area contributed by atoms with E-state index in [1.165, 1.54) is 0 Å². The van der Waals surface area contributed by atoms with Gasteiger partial charge < -0.3 is 14.1 Å². The number of hydrogen-bond acceptors (Lipinski definition) is 4. The van der Waals surface area contributed by atoms with Gasteiger partial charge in [-0.25, -0.2) is 0 Å². The molecular formula is C19H17ClN2O3. The lowest BCUT2D eigenvalue weighted by Crippen LogP contribution is -2.44. The number of pyridine rings is 1. The van der Waals surface area contributed by atoms with E-state index in [2.05, 4.69) is 4.98 Å². The van der Waals surface area contributed by atoms with Crippen molar-refractivity contribution in [3.8, 4) is 5.75 Å². The van der Waals surface area contributed by atoms with Gasteiger partial charge in [0.15, 0.2) is 5.76 Å². The molecule has 0 aliphatic carbocycles. The average Bonchev–Trinajstić information content (AvgIpc) is 3.07. The summed E-state index contributed by atoms with van der Waals surface area (Å²) in [5.41, 5.74) is 0.722. The number of benzene rings is 1. The van der Waals surface area contributed by atoms with Crippen molar-refractivity contribution >= 4 is 28.5 Å². The molecule has 1 amide bonds. The number of halogens is 1. The SMILES string of the molecule is O=C(c1cc2ccccc2o1)N1CCCC(Oc2ccncc2Cl)C1. The highest BCUT2D eigenvalue weighted by atomic mass is 35.5. The van der Waals surface area contributed by atoms with Crippen LogP contribution in [0.25, 0.3) is 11.0 Å². The van der Waals surface area contributed by atoms with Crippen LogP contribution in [-0.2, 0) is 0 Å². The Bertz CT molecular complexity index is 875. The molecule has 5 nitrogen and oxygen atoms in total. The maximum atomic E-state index is 12.8. The Balaban J connectivity index is 1.48. The maximum Gasteiger partial charge on any atom is 0.289 e. The minimum atomic E-state index is -0.106. The number of para-hydroxylation sites is 1. The molecule has 1 aromatic carbocycles. The second-order valence-electron chi connectivity index (χ2n) is 6.09. The third-order valence-corrected chi connectivity index (χ3v) is 4.61. The van der Waals surface area contributed by atoms with E-state index in [9.17, 15) is 4.79 Å². The molecule has 1 unspecified atom stereocenters. The van der Waals surface area contributed by atoms with Crippen LogP contribution in [0.1, 0.15) is 23.4 Å². The molecular weight excluding hydrogens is 340 g/mol. The first-order valence-corrected chi connectivity index (χ1v) is 8.62. The number of carbonyl (C=O) groups excluding carboxylic acids is 1. The lowest BCUT2D eigenvalue weighted by atomic mass is 10.1. The molecule has 0 spiro atoms. The number of carbonyl (C=O) groups is 1. The molecule has 0 radical (unpaired) electrons. The van der Waals surface area contributed by atoms with Gasteiger partial charge >= 0.3 is 0 Å². The number of piperidine rings is 1. The summed E-state index contributed by atoms with van der Waals surface area (Å²) in [4.78, 5) is 18.5. The molecule has 1 fully saturated rings. The third kappa shape index (κ3) is 3.33. The summed E-state index contributed by atoms with van der Waals surface area (Å²) in [6.07, 6.45) is 4.85. The zero-order chi connectivity index (χ0) is 17.2. The van der Waals surface area contributed by atoms with Crippen molar-refractivity contribution in [2.45, 2.75) is 18.9 Å². The zero-order valence-corrected chi connectivity index (χ0v) is 14.3. The van der Waals surface area contributed by atoms with Crippen LogP contribution < -0.4 is 4.74 Å². The van der Waals surface area contributed by atoms with Crippen molar-refractivity contribution in [3.05, 3.63) is 59.6 Å². The van der Waals surface area contributed by atoms with Crippen molar-refractivity contribution < 1.29 is 13.9 Å². The normalized spacial score (nSPS) is 17.6. The van der Waals surface area contributed by atoms with Gasteiger partial charge in [-0.3, -0.25) is 9.78 Å². The second-order valence-corrected chi connectivity index (χ2v) is 6.50. The lowest BCUT2D eigenvalue weighted by Gasteiger charge is -2.32. The van der Waals surface area contributed by atoms with Crippen LogP contribution in [-0.4, -0.2) is 35.0 Å². The van der Waals surface area contributed by atoms with Gasteiger partial charge in [0.1, 0.15) is 22.5 Å². The van der Waals surface area contributed by atoms with Crippen LogP contribution in [0.2, 0.25) is 5.02 Å². The van der Waals surface area contributed by atoms with E-state index in [4.69, 9.17) is 20.8 Å². The zero-order valence-electron chi connectivity index (χ0n) is 13.5. The summed E-state index contributed by atoms with van der Waals surface area (Å²) >= 11 is 6.10. The third-order valence-electron chi connectivity index (χ3n) is 4.33. The number of nitrogens with zero attached hydrogens (tertiary/aromatic N) is 2. The summed E-state index contributed by atoms with van der Waals surface area (Å²) in [6, 6.07) is 11.1. The smallest absolute Gasteiger partial charge is 0.289 e. The van der Waals surface area contributed by atoms with Gasteiger partial charge in [-0.2, -0.15) is 0 Å². The molecule has 128 valence electrons. The standard InChI is InChI=1S/C19H17ClN2O3/c20-15-11-21-8-7-17(15)24-14-5-3-9-22(12-14)19(23)18-10-13-4-1-2-6-16(13)25-18/h1-2,4,6-8,10-11,14H,3,5,9,12H2. The monoisotopic (exact) mass is 356 g/mol. The van der Waals surface area contributed by atoms with Gasteiger partial charge in [-0.15, -0.1) is 0 Å². The molecule has 4 rings (SSSR count). The van der Waals surface area contributed by atoms with E-state index in [0.29, 0.717) is 29.6 Å². The van der Waals surface area contributed by atoms with Crippen molar-refractivity contribution in [1.29, 1.82) is 0 Å². The largest absolute Gasteiger partial charge is 0.487 e. The first-order valence-electron chi connectivity index (χ1n) is 8.25. The van der Waals surface area contributed by atoms with Gasteiger partial charge in [-0.1, -0.05) is 29.8 Å². The molecule has 1 aliphatic heterocycles. The van der Waals surface area contributed by atoms with E-state index in [1.54, 1.807) is 29.4 Å².